The van der Waals surface area contributed by atoms with Crippen molar-refractivity contribution in [3.63, 3.8) is 0 Å². The topological polar surface area (TPSA) is 81.5 Å². The lowest BCUT2D eigenvalue weighted by molar-refractivity contribution is -0.384. The molecule has 2 atom stereocenters. The van der Waals surface area contributed by atoms with E-state index in [0.717, 1.165) is 11.1 Å². The number of nitrogens with one attached hydrogen (secondary N) is 1. The van der Waals surface area contributed by atoms with Gasteiger partial charge in [0.2, 0.25) is 5.91 Å². The number of carbonyl (C=O) groups excluding carboxylic acids is 1. The van der Waals surface area contributed by atoms with E-state index < -0.39 is 17.3 Å². The molecule has 0 aliphatic carbocycles. The van der Waals surface area contributed by atoms with E-state index in [9.17, 15) is 14.9 Å². The van der Waals surface area contributed by atoms with Crippen LogP contribution in [0.2, 0.25) is 0 Å². The van der Waals surface area contributed by atoms with Gasteiger partial charge in [0.1, 0.15) is 0 Å². The Kier molecular flexibility index (Phi) is 3.84. The number of benzene rings is 2. The largest absolute Gasteiger partial charge is 0.346 e. The van der Waals surface area contributed by atoms with Crippen molar-refractivity contribution >= 4 is 11.6 Å². The van der Waals surface area contributed by atoms with Crippen molar-refractivity contribution in [2.75, 3.05) is 0 Å². The van der Waals surface area contributed by atoms with Crippen LogP contribution in [0.5, 0.6) is 0 Å². The fourth-order valence-corrected chi connectivity index (χ4v) is 2.42. The molecule has 0 bridgehead atoms. The lowest BCUT2D eigenvalue weighted by Gasteiger charge is -2.31. The van der Waals surface area contributed by atoms with E-state index in [0.29, 0.717) is 0 Å². The van der Waals surface area contributed by atoms with Crippen LogP contribution < -0.4 is 5.32 Å². The average molecular weight is 298 g/mol. The summed E-state index contributed by atoms with van der Waals surface area (Å²) in [5.74, 6) is -0.108. The van der Waals surface area contributed by atoms with Gasteiger partial charge in [-0.05, 0) is 17.7 Å². The van der Waals surface area contributed by atoms with E-state index in [1.165, 1.54) is 12.1 Å². The predicted molar refractivity (Wildman–Crippen MR) is 78.9 cm³/mol. The monoisotopic (exact) mass is 298 g/mol. The normalized spacial score (nSPS) is 21.2. The van der Waals surface area contributed by atoms with Gasteiger partial charge in [0.05, 0.1) is 17.4 Å². The number of carbonyl (C=O) groups is 1. The zero-order chi connectivity index (χ0) is 15.5. The molecule has 0 spiro atoms. The first kappa shape index (κ1) is 14.2. The molecular formula is C16H14N2O4. The molecule has 1 saturated heterocycles. The maximum absolute atomic E-state index is 11.9. The molecule has 0 saturated carbocycles. The second kappa shape index (κ2) is 5.95. The molecule has 1 fully saturated rings. The summed E-state index contributed by atoms with van der Waals surface area (Å²) in [5, 5.41) is 13.5. The Hall–Kier alpha value is -2.73. The second-order valence-electron chi connectivity index (χ2n) is 5.04. The van der Waals surface area contributed by atoms with E-state index in [1.807, 2.05) is 30.3 Å². The highest BCUT2D eigenvalue weighted by Crippen LogP contribution is 2.32. The van der Waals surface area contributed by atoms with Gasteiger partial charge in [0.25, 0.3) is 5.69 Å². The molecule has 1 aliphatic heterocycles. The third kappa shape index (κ3) is 2.96. The number of ether oxygens (including phenoxy) is 1. The first-order valence-corrected chi connectivity index (χ1v) is 6.87. The molecule has 2 aromatic carbocycles. The minimum Gasteiger partial charge on any atom is -0.346 e. The van der Waals surface area contributed by atoms with Crippen LogP contribution in [0.3, 0.4) is 0 Å². The summed E-state index contributed by atoms with van der Waals surface area (Å²) in [4.78, 5) is 22.1. The van der Waals surface area contributed by atoms with Crippen LogP contribution in [0.1, 0.15) is 29.9 Å². The van der Waals surface area contributed by atoms with E-state index in [2.05, 4.69) is 5.32 Å². The lowest BCUT2D eigenvalue weighted by atomic mass is 10.0. The first-order chi connectivity index (χ1) is 10.6. The lowest BCUT2D eigenvalue weighted by Crippen LogP contribution is -2.37. The second-order valence-corrected chi connectivity index (χ2v) is 5.04. The van der Waals surface area contributed by atoms with Gasteiger partial charge in [-0.1, -0.05) is 30.3 Å². The van der Waals surface area contributed by atoms with Gasteiger partial charge in [-0.3, -0.25) is 14.9 Å². The molecule has 3 rings (SSSR count). The van der Waals surface area contributed by atoms with Crippen molar-refractivity contribution in [2.45, 2.75) is 18.8 Å². The molecule has 112 valence electrons. The molecule has 0 unspecified atom stereocenters. The van der Waals surface area contributed by atoms with Gasteiger partial charge in [-0.25, -0.2) is 0 Å². The Morgan fingerprint density at radius 1 is 1.05 bits per heavy atom. The summed E-state index contributed by atoms with van der Waals surface area (Å²) >= 11 is 0. The Balaban J connectivity index is 1.81. The number of hydrogen-bond acceptors (Lipinski definition) is 4. The molecular weight excluding hydrogens is 284 g/mol. The summed E-state index contributed by atoms with van der Waals surface area (Å²) in [7, 11) is 0. The first-order valence-electron chi connectivity index (χ1n) is 6.87. The van der Waals surface area contributed by atoms with E-state index in [-0.39, 0.29) is 18.0 Å². The molecule has 22 heavy (non-hydrogen) atoms. The van der Waals surface area contributed by atoms with Gasteiger partial charge in [-0.2, -0.15) is 0 Å². The van der Waals surface area contributed by atoms with E-state index in [4.69, 9.17) is 4.74 Å². The van der Waals surface area contributed by atoms with Crippen molar-refractivity contribution in [2.24, 2.45) is 0 Å². The number of rotatable bonds is 3. The molecule has 0 radical (unpaired) electrons. The van der Waals surface area contributed by atoms with Crippen molar-refractivity contribution in [1.82, 2.24) is 5.32 Å². The zero-order valence-electron chi connectivity index (χ0n) is 11.6. The maximum Gasteiger partial charge on any atom is 0.269 e. The van der Waals surface area contributed by atoms with Crippen molar-refractivity contribution in [3.8, 4) is 0 Å². The Morgan fingerprint density at radius 3 is 2.36 bits per heavy atom. The van der Waals surface area contributed by atoms with Crippen LogP contribution in [-0.4, -0.2) is 10.8 Å². The quantitative estimate of drug-likeness (QED) is 0.697. The van der Waals surface area contributed by atoms with Crippen LogP contribution in [0.15, 0.2) is 54.6 Å². The van der Waals surface area contributed by atoms with Crippen LogP contribution >= 0.6 is 0 Å². The Morgan fingerprint density at radius 2 is 1.73 bits per heavy atom. The SMILES string of the molecule is O=C1C[C@@H](c2ccc([N+](=O)[O-])cc2)O[C@@H](c2ccccc2)N1. The molecule has 1 amide bonds. The predicted octanol–water partition coefficient (Wildman–Crippen LogP) is 2.87. The van der Waals surface area contributed by atoms with Crippen molar-refractivity contribution in [1.29, 1.82) is 0 Å². The van der Waals surface area contributed by atoms with Crippen molar-refractivity contribution in [3.05, 3.63) is 75.8 Å². The fraction of sp³-hybridized carbons (Fsp3) is 0.188. The number of amides is 1. The third-order valence-corrected chi connectivity index (χ3v) is 3.54. The van der Waals surface area contributed by atoms with Crippen LogP contribution in [0.25, 0.3) is 0 Å². The van der Waals surface area contributed by atoms with Crippen LogP contribution in [-0.2, 0) is 9.53 Å². The maximum atomic E-state index is 11.9. The Labute approximate surface area is 126 Å². The van der Waals surface area contributed by atoms with Gasteiger partial charge in [0.15, 0.2) is 6.23 Å². The molecule has 1 heterocycles. The molecule has 1 aliphatic rings. The average Bonchev–Trinajstić information content (AvgIpc) is 2.55. The highest BCUT2D eigenvalue weighted by Gasteiger charge is 2.29. The molecule has 2 aromatic rings. The number of non-ortho nitro benzene ring substituents is 1. The summed E-state index contributed by atoms with van der Waals surface area (Å²) in [6.45, 7) is 0. The molecule has 1 N–H and O–H groups in total. The van der Waals surface area contributed by atoms with Crippen molar-refractivity contribution < 1.29 is 14.5 Å². The minimum absolute atomic E-state index is 0.0172. The standard InChI is InChI=1S/C16H14N2O4/c19-15-10-14(11-6-8-13(9-7-11)18(20)21)22-16(17-15)12-4-2-1-3-5-12/h1-9,14,16H,10H2,(H,17,19)/t14-,16-/m0/s1. The van der Waals surface area contributed by atoms with E-state index >= 15 is 0 Å². The third-order valence-electron chi connectivity index (χ3n) is 3.54. The number of nitrogens with zero attached hydrogens (tertiary/aromatic N) is 1. The highest BCUT2D eigenvalue weighted by atomic mass is 16.6. The van der Waals surface area contributed by atoms with Gasteiger partial charge in [-0.15, -0.1) is 0 Å². The summed E-state index contributed by atoms with van der Waals surface area (Å²) < 4.78 is 5.93. The number of nitro groups is 1. The minimum atomic E-state index is -0.511. The number of nitro benzene ring substituents is 1. The molecule has 6 heteroatoms. The van der Waals surface area contributed by atoms with E-state index in [1.54, 1.807) is 12.1 Å². The zero-order valence-corrected chi connectivity index (χ0v) is 11.6. The van der Waals surface area contributed by atoms with Gasteiger partial charge in [0, 0.05) is 17.7 Å². The smallest absolute Gasteiger partial charge is 0.269 e. The van der Waals surface area contributed by atoms with Crippen LogP contribution in [0.4, 0.5) is 5.69 Å². The Bertz CT molecular complexity index is 685. The van der Waals surface area contributed by atoms with Crippen LogP contribution in [0, 0.1) is 10.1 Å². The fourth-order valence-electron chi connectivity index (χ4n) is 2.42. The number of hydrogen-bond donors (Lipinski definition) is 1. The highest BCUT2D eigenvalue weighted by molar-refractivity contribution is 5.77. The van der Waals surface area contributed by atoms with Gasteiger partial charge < -0.3 is 10.1 Å². The molecule has 0 aromatic heterocycles. The summed E-state index contributed by atoms with van der Waals surface area (Å²) in [6.07, 6.45) is -0.733. The van der Waals surface area contributed by atoms with Gasteiger partial charge >= 0.3 is 0 Å². The summed E-state index contributed by atoms with van der Waals surface area (Å²) in [6, 6.07) is 15.5. The summed E-state index contributed by atoms with van der Waals surface area (Å²) in [5.41, 5.74) is 1.63. The molecule has 6 nitrogen and oxygen atoms in total.